The van der Waals surface area contributed by atoms with Gasteiger partial charge in [0, 0.05) is 34.8 Å². The van der Waals surface area contributed by atoms with E-state index in [-0.39, 0.29) is 17.2 Å². The fraction of sp³-hybridized carbons (Fsp3) is 0.0476. The highest BCUT2D eigenvalue weighted by molar-refractivity contribution is 7.14. The molecule has 2 heterocycles. The van der Waals surface area contributed by atoms with E-state index in [4.69, 9.17) is 11.6 Å². The van der Waals surface area contributed by atoms with E-state index in [2.05, 4.69) is 20.7 Å². The monoisotopic (exact) mass is 455 g/mol. The van der Waals surface area contributed by atoms with E-state index in [1.165, 1.54) is 19.1 Å². The summed E-state index contributed by atoms with van der Waals surface area (Å²) in [6, 6.07) is 13.0. The Hall–Kier alpha value is -3.56. The van der Waals surface area contributed by atoms with Crippen molar-refractivity contribution < 1.29 is 14.0 Å². The van der Waals surface area contributed by atoms with Crippen molar-refractivity contribution in [1.29, 1.82) is 0 Å². The van der Waals surface area contributed by atoms with Gasteiger partial charge >= 0.3 is 0 Å². The Morgan fingerprint density at radius 3 is 2.71 bits per heavy atom. The maximum atomic E-state index is 14.4. The van der Waals surface area contributed by atoms with Crippen LogP contribution in [0.1, 0.15) is 17.4 Å². The third-order valence-electron chi connectivity index (χ3n) is 4.18. The molecular weight excluding hydrogens is 441 g/mol. The van der Waals surface area contributed by atoms with Crippen molar-refractivity contribution in [3.8, 4) is 16.9 Å². The highest BCUT2D eigenvalue weighted by Crippen LogP contribution is 2.29. The van der Waals surface area contributed by atoms with Crippen molar-refractivity contribution in [3.05, 3.63) is 76.6 Å². The van der Waals surface area contributed by atoms with Crippen LogP contribution in [0.3, 0.4) is 0 Å². The number of aromatic nitrogens is 3. The second kappa shape index (κ2) is 8.66. The van der Waals surface area contributed by atoms with E-state index in [0.717, 1.165) is 17.0 Å². The first-order valence-electron chi connectivity index (χ1n) is 9.05. The number of thiazole rings is 1. The second-order valence-electron chi connectivity index (χ2n) is 6.49. The molecule has 156 valence electrons. The Balaban J connectivity index is 1.48. The summed E-state index contributed by atoms with van der Waals surface area (Å²) in [6.45, 7) is 1.35. The number of halogens is 2. The number of amides is 2. The van der Waals surface area contributed by atoms with E-state index in [1.807, 2.05) is 6.07 Å². The van der Waals surface area contributed by atoms with Gasteiger partial charge in [-0.15, -0.1) is 11.3 Å². The SMILES string of the molecule is CC(=O)Nc1ccc(-c2csc(NC(=O)c3ccn(-c4cccc(Cl)c4)n3)n2)c(F)c1. The highest BCUT2D eigenvalue weighted by atomic mass is 35.5. The van der Waals surface area contributed by atoms with Crippen LogP contribution >= 0.6 is 22.9 Å². The number of carbonyl (C=O) groups excluding carboxylic acids is 2. The smallest absolute Gasteiger partial charge is 0.277 e. The Bertz CT molecular complexity index is 1290. The topological polar surface area (TPSA) is 88.9 Å². The molecule has 0 spiro atoms. The molecule has 2 N–H and O–H groups in total. The van der Waals surface area contributed by atoms with E-state index in [0.29, 0.717) is 21.5 Å². The number of benzene rings is 2. The van der Waals surface area contributed by atoms with Crippen molar-refractivity contribution in [3.63, 3.8) is 0 Å². The van der Waals surface area contributed by atoms with Crippen LogP contribution in [0.5, 0.6) is 0 Å². The average Bonchev–Trinajstić information content (AvgIpc) is 3.37. The molecule has 0 saturated heterocycles. The highest BCUT2D eigenvalue weighted by Gasteiger charge is 2.15. The summed E-state index contributed by atoms with van der Waals surface area (Å²) in [5.74, 6) is -1.26. The normalized spacial score (nSPS) is 10.7. The fourth-order valence-electron chi connectivity index (χ4n) is 2.83. The lowest BCUT2D eigenvalue weighted by Gasteiger charge is -2.05. The van der Waals surface area contributed by atoms with Gasteiger partial charge in [0.05, 0.1) is 11.4 Å². The fourth-order valence-corrected chi connectivity index (χ4v) is 3.72. The lowest BCUT2D eigenvalue weighted by Crippen LogP contribution is -2.13. The van der Waals surface area contributed by atoms with Crippen LogP contribution in [0, 0.1) is 5.82 Å². The summed E-state index contributed by atoms with van der Waals surface area (Å²) in [5, 5.41) is 12.0. The number of rotatable bonds is 5. The van der Waals surface area contributed by atoms with Crippen LogP contribution in [-0.2, 0) is 4.79 Å². The maximum Gasteiger partial charge on any atom is 0.277 e. The first-order valence-corrected chi connectivity index (χ1v) is 10.3. The minimum Gasteiger partial charge on any atom is -0.326 e. The molecular formula is C21H15ClFN5O2S. The summed E-state index contributed by atoms with van der Waals surface area (Å²) in [7, 11) is 0. The van der Waals surface area contributed by atoms with Crippen LogP contribution in [0.2, 0.25) is 5.02 Å². The first-order chi connectivity index (χ1) is 14.9. The Morgan fingerprint density at radius 1 is 1.13 bits per heavy atom. The van der Waals surface area contributed by atoms with Gasteiger partial charge in [-0.1, -0.05) is 17.7 Å². The van der Waals surface area contributed by atoms with Crippen molar-refractivity contribution >= 4 is 45.6 Å². The van der Waals surface area contributed by atoms with Crippen molar-refractivity contribution in [1.82, 2.24) is 14.8 Å². The molecule has 0 aliphatic carbocycles. The Labute approximate surface area is 185 Å². The van der Waals surface area contributed by atoms with Gasteiger partial charge < -0.3 is 5.32 Å². The number of carbonyl (C=O) groups is 2. The second-order valence-corrected chi connectivity index (χ2v) is 7.79. The average molecular weight is 456 g/mol. The van der Waals surface area contributed by atoms with Gasteiger partial charge in [-0.3, -0.25) is 14.9 Å². The number of hydrogen-bond acceptors (Lipinski definition) is 5. The summed E-state index contributed by atoms with van der Waals surface area (Å²) < 4.78 is 16.0. The number of nitrogens with zero attached hydrogens (tertiary/aromatic N) is 3. The molecule has 0 radical (unpaired) electrons. The largest absolute Gasteiger partial charge is 0.326 e. The molecule has 0 unspecified atom stereocenters. The van der Waals surface area contributed by atoms with Crippen LogP contribution in [0.15, 0.2) is 60.1 Å². The summed E-state index contributed by atoms with van der Waals surface area (Å²) in [5.41, 5.74) is 1.91. The van der Waals surface area contributed by atoms with Gasteiger partial charge in [-0.25, -0.2) is 14.1 Å². The van der Waals surface area contributed by atoms with Crippen LogP contribution in [-0.4, -0.2) is 26.6 Å². The molecule has 10 heteroatoms. The molecule has 0 atom stereocenters. The number of anilines is 2. The predicted octanol–water partition coefficient (Wildman–Crippen LogP) is 5.00. The summed E-state index contributed by atoms with van der Waals surface area (Å²) in [4.78, 5) is 27.9. The van der Waals surface area contributed by atoms with Crippen LogP contribution < -0.4 is 10.6 Å². The zero-order valence-corrected chi connectivity index (χ0v) is 17.7. The maximum absolute atomic E-state index is 14.4. The Kier molecular flexibility index (Phi) is 5.79. The molecule has 0 aliphatic rings. The lowest BCUT2D eigenvalue weighted by molar-refractivity contribution is -0.114. The van der Waals surface area contributed by atoms with Crippen molar-refractivity contribution in [2.75, 3.05) is 10.6 Å². The Morgan fingerprint density at radius 2 is 1.97 bits per heavy atom. The van der Waals surface area contributed by atoms with Gasteiger partial charge in [0.1, 0.15) is 5.82 Å². The zero-order chi connectivity index (χ0) is 22.0. The van der Waals surface area contributed by atoms with Gasteiger partial charge in [0.25, 0.3) is 5.91 Å². The number of nitrogens with one attached hydrogen (secondary N) is 2. The zero-order valence-electron chi connectivity index (χ0n) is 16.1. The molecule has 31 heavy (non-hydrogen) atoms. The lowest BCUT2D eigenvalue weighted by atomic mass is 10.1. The van der Waals surface area contributed by atoms with Gasteiger partial charge in [0.15, 0.2) is 10.8 Å². The standard InChI is InChI=1S/C21H15ClFN5O2S/c1-12(29)24-14-5-6-16(17(23)10-14)19-11-31-21(25-19)26-20(30)18-7-8-28(27-18)15-4-2-3-13(22)9-15/h2-11H,1H3,(H,24,29)(H,25,26,30). The molecule has 0 aliphatic heterocycles. The molecule has 0 bridgehead atoms. The molecule has 7 nitrogen and oxygen atoms in total. The van der Waals surface area contributed by atoms with Crippen LogP contribution in [0.25, 0.3) is 16.9 Å². The molecule has 2 aromatic carbocycles. The van der Waals surface area contributed by atoms with Gasteiger partial charge in [0.2, 0.25) is 5.91 Å². The molecule has 2 amide bonds. The van der Waals surface area contributed by atoms with Crippen molar-refractivity contribution in [2.24, 2.45) is 0 Å². The van der Waals surface area contributed by atoms with Crippen molar-refractivity contribution in [2.45, 2.75) is 6.92 Å². The predicted molar refractivity (Wildman–Crippen MR) is 118 cm³/mol. The third-order valence-corrected chi connectivity index (χ3v) is 5.18. The third kappa shape index (κ3) is 4.79. The van der Waals surface area contributed by atoms with E-state index in [9.17, 15) is 14.0 Å². The molecule has 4 aromatic rings. The summed E-state index contributed by atoms with van der Waals surface area (Å²) in [6.07, 6.45) is 1.65. The van der Waals surface area contributed by atoms with E-state index >= 15 is 0 Å². The molecule has 4 rings (SSSR count). The van der Waals surface area contributed by atoms with Gasteiger partial charge in [-0.05, 0) is 42.5 Å². The molecule has 2 aromatic heterocycles. The quantitative estimate of drug-likeness (QED) is 0.443. The summed E-state index contributed by atoms with van der Waals surface area (Å²) >= 11 is 7.16. The van der Waals surface area contributed by atoms with Crippen LogP contribution in [0.4, 0.5) is 15.2 Å². The van der Waals surface area contributed by atoms with Gasteiger partial charge in [-0.2, -0.15) is 5.10 Å². The minimum absolute atomic E-state index is 0.197. The number of hydrogen-bond donors (Lipinski definition) is 2. The van der Waals surface area contributed by atoms with E-state index < -0.39 is 11.7 Å². The molecule has 0 fully saturated rings. The first kappa shape index (κ1) is 20.7. The van der Waals surface area contributed by atoms with E-state index in [1.54, 1.807) is 46.6 Å². The molecule has 0 saturated carbocycles. The minimum atomic E-state index is -0.533.